The molecule has 0 rings (SSSR count). The van der Waals surface area contributed by atoms with Crippen molar-refractivity contribution in [3.63, 3.8) is 0 Å². The number of allylic oxidation sites excluding steroid dienone is 2. The minimum atomic E-state index is -0.944. The Morgan fingerprint density at radius 1 is 1.15 bits per heavy atom. The van der Waals surface area contributed by atoms with Crippen LogP contribution >= 0.6 is 0 Å². The third-order valence-electron chi connectivity index (χ3n) is 2.21. The molecule has 0 aromatic heterocycles. The number of carbonyl (C=O) groups is 1. The fraction of sp³-hybridized carbons (Fsp3) is 0.727. The molecule has 0 aromatic rings. The second-order valence-electron chi connectivity index (χ2n) is 5.05. The first-order valence-electron chi connectivity index (χ1n) is 4.99. The van der Waals surface area contributed by atoms with Gasteiger partial charge >= 0.3 is 0 Å². The molecule has 0 aliphatic carbocycles. The van der Waals surface area contributed by atoms with Crippen molar-refractivity contribution in [2.45, 2.75) is 39.5 Å². The Morgan fingerprint density at radius 2 is 1.69 bits per heavy atom. The summed E-state index contributed by atoms with van der Waals surface area (Å²) in [7, 11) is -0.944. The monoisotopic (exact) mass is 198 g/mol. The molecule has 13 heavy (non-hydrogen) atoms. The second-order valence-corrected chi connectivity index (χ2v) is 10.6. The summed E-state index contributed by atoms with van der Waals surface area (Å²) in [5, 5.41) is 0. The molecular weight excluding hydrogens is 176 g/mol. The van der Waals surface area contributed by atoms with Crippen LogP contribution in [-0.4, -0.2) is 14.4 Å². The summed E-state index contributed by atoms with van der Waals surface area (Å²) in [6.45, 7) is 11.1. The minimum absolute atomic E-state index is 0.151. The summed E-state index contributed by atoms with van der Waals surface area (Å²) in [4.78, 5) is 10.5. The molecule has 0 fully saturated rings. The molecule has 1 nitrogen and oxygen atoms in total. The molecule has 0 saturated carbocycles. The van der Waals surface area contributed by atoms with E-state index in [0.29, 0.717) is 5.92 Å². The van der Waals surface area contributed by atoms with Crippen LogP contribution < -0.4 is 0 Å². The average molecular weight is 198 g/mol. The van der Waals surface area contributed by atoms with Crippen LogP contribution in [0.2, 0.25) is 25.7 Å². The Morgan fingerprint density at radius 3 is 2.08 bits per heavy atom. The Labute approximate surface area is 83.2 Å². The first-order valence-corrected chi connectivity index (χ1v) is 8.69. The topological polar surface area (TPSA) is 17.1 Å². The van der Waals surface area contributed by atoms with E-state index < -0.39 is 8.07 Å². The maximum atomic E-state index is 10.5. The quantitative estimate of drug-likeness (QED) is 0.376. The van der Waals surface area contributed by atoms with Gasteiger partial charge in [0.05, 0.1) is 0 Å². The van der Waals surface area contributed by atoms with E-state index in [0.717, 1.165) is 6.29 Å². The molecule has 0 heterocycles. The van der Waals surface area contributed by atoms with Gasteiger partial charge < -0.3 is 4.79 Å². The maximum absolute atomic E-state index is 10.5. The van der Waals surface area contributed by atoms with Gasteiger partial charge in [0, 0.05) is 14.0 Å². The fourth-order valence-corrected chi connectivity index (χ4v) is 1.78. The van der Waals surface area contributed by atoms with Gasteiger partial charge in [-0.15, -0.1) is 0 Å². The lowest BCUT2D eigenvalue weighted by Gasteiger charge is -2.13. The van der Waals surface area contributed by atoms with Gasteiger partial charge in [0.15, 0.2) is 0 Å². The highest BCUT2D eigenvalue weighted by atomic mass is 28.3. The molecule has 0 unspecified atom stereocenters. The lowest BCUT2D eigenvalue weighted by Crippen LogP contribution is -2.17. The standard InChI is InChI=1S/C11H22OSi/c1-10(11(2)9-12)7-6-8-13(3,4)5/h6-7,9-11H,8H2,1-5H3/b7-6+/t10-,11-/m0/s1. The third-order valence-corrected chi connectivity index (χ3v) is 3.67. The number of carbonyl (C=O) groups excluding carboxylic acids is 1. The van der Waals surface area contributed by atoms with Gasteiger partial charge in [0.2, 0.25) is 0 Å². The summed E-state index contributed by atoms with van der Waals surface area (Å²) in [5.74, 6) is 0.534. The van der Waals surface area contributed by atoms with Gasteiger partial charge in [0.25, 0.3) is 0 Å². The Kier molecular flexibility index (Phi) is 5.22. The molecule has 76 valence electrons. The normalized spacial score (nSPS) is 17.3. The minimum Gasteiger partial charge on any atom is -0.303 e. The van der Waals surface area contributed by atoms with Crippen LogP contribution in [-0.2, 0) is 4.79 Å². The summed E-state index contributed by atoms with van der Waals surface area (Å²) < 4.78 is 0. The molecule has 0 aliphatic rings. The smallest absolute Gasteiger partial charge is 0.123 e. The van der Waals surface area contributed by atoms with Crippen molar-refractivity contribution in [2.24, 2.45) is 11.8 Å². The number of rotatable bonds is 5. The van der Waals surface area contributed by atoms with Crippen LogP contribution in [0.1, 0.15) is 13.8 Å². The van der Waals surface area contributed by atoms with Crippen molar-refractivity contribution >= 4 is 14.4 Å². The molecule has 0 radical (unpaired) electrons. The molecule has 0 aliphatic heterocycles. The van der Waals surface area contributed by atoms with Crippen molar-refractivity contribution in [2.75, 3.05) is 0 Å². The predicted molar refractivity (Wildman–Crippen MR) is 61.7 cm³/mol. The van der Waals surface area contributed by atoms with Crippen LogP contribution in [0.4, 0.5) is 0 Å². The molecule has 0 saturated heterocycles. The van der Waals surface area contributed by atoms with Crippen molar-refractivity contribution in [3.05, 3.63) is 12.2 Å². The Bertz CT molecular complexity index is 179. The zero-order valence-corrected chi connectivity index (χ0v) is 10.5. The van der Waals surface area contributed by atoms with E-state index in [1.807, 2.05) is 6.92 Å². The zero-order chi connectivity index (χ0) is 10.5. The highest BCUT2D eigenvalue weighted by Gasteiger charge is 2.11. The fourth-order valence-electron chi connectivity index (χ4n) is 0.935. The van der Waals surface area contributed by atoms with Gasteiger partial charge in [-0.3, -0.25) is 0 Å². The molecule has 0 bridgehead atoms. The van der Waals surface area contributed by atoms with Gasteiger partial charge in [-0.05, 0) is 12.0 Å². The largest absolute Gasteiger partial charge is 0.303 e. The van der Waals surface area contributed by atoms with Gasteiger partial charge in [-0.25, -0.2) is 0 Å². The Hall–Kier alpha value is -0.373. The molecule has 0 amide bonds. The molecule has 0 aromatic carbocycles. The maximum Gasteiger partial charge on any atom is 0.123 e. The van der Waals surface area contributed by atoms with E-state index in [-0.39, 0.29) is 5.92 Å². The summed E-state index contributed by atoms with van der Waals surface area (Å²) in [6, 6.07) is 1.21. The van der Waals surface area contributed by atoms with E-state index in [1.54, 1.807) is 0 Å². The van der Waals surface area contributed by atoms with Gasteiger partial charge in [-0.1, -0.05) is 45.6 Å². The van der Waals surface area contributed by atoms with Gasteiger partial charge in [0.1, 0.15) is 6.29 Å². The van der Waals surface area contributed by atoms with Crippen molar-refractivity contribution in [1.82, 2.24) is 0 Å². The van der Waals surface area contributed by atoms with Crippen LogP contribution in [0.15, 0.2) is 12.2 Å². The summed E-state index contributed by atoms with van der Waals surface area (Å²) >= 11 is 0. The van der Waals surface area contributed by atoms with Crippen LogP contribution in [0, 0.1) is 11.8 Å². The Balaban J connectivity index is 3.91. The SMILES string of the molecule is C[C@@H](C=O)[C@@H](C)/C=C/C[Si](C)(C)C. The van der Waals surface area contributed by atoms with Crippen molar-refractivity contribution in [3.8, 4) is 0 Å². The summed E-state index contributed by atoms with van der Waals surface area (Å²) in [5.41, 5.74) is 0. The van der Waals surface area contributed by atoms with Crippen LogP contribution in [0.25, 0.3) is 0 Å². The number of hydrogen-bond acceptors (Lipinski definition) is 1. The second kappa shape index (κ2) is 5.38. The molecule has 2 heteroatoms. The average Bonchev–Trinajstić information content (AvgIpc) is 2.00. The van der Waals surface area contributed by atoms with Crippen LogP contribution in [0.5, 0.6) is 0 Å². The molecule has 2 atom stereocenters. The van der Waals surface area contributed by atoms with E-state index in [1.165, 1.54) is 6.04 Å². The van der Waals surface area contributed by atoms with E-state index in [2.05, 4.69) is 38.7 Å². The highest BCUT2D eigenvalue weighted by Crippen LogP contribution is 2.13. The third kappa shape index (κ3) is 6.76. The van der Waals surface area contributed by atoms with E-state index in [9.17, 15) is 4.79 Å². The molecule has 0 spiro atoms. The number of hydrogen-bond donors (Lipinski definition) is 0. The van der Waals surface area contributed by atoms with Crippen molar-refractivity contribution in [1.29, 1.82) is 0 Å². The first kappa shape index (κ1) is 12.6. The van der Waals surface area contributed by atoms with E-state index in [4.69, 9.17) is 0 Å². The number of aldehydes is 1. The molecule has 0 N–H and O–H groups in total. The van der Waals surface area contributed by atoms with Crippen LogP contribution in [0.3, 0.4) is 0 Å². The van der Waals surface area contributed by atoms with E-state index >= 15 is 0 Å². The lowest BCUT2D eigenvalue weighted by molar-refractivity contribution is -0.111. The first-order chi connectivity index (χ1) is 5.87. The highest BCUT2D eigenvalue weighted by molar-refractivity contribution is 6.76. The molecular formula is C11H22OSi. The van der Waals surface area contributed by atoms with Crippen molar-refractivity contribution < 1.29 is 4.79 Å². The lowest BCUT2D eigenvalue weighted by atomic mass is 9.97. The predicted octanol–water partition coefficient (Wildman–Crippen LogP) is 3.35. The summed E-state index contributed by atoms with van der Waals surface area (Å²) in [6.07, 6.45) is 5.46. The zero-order valence-electron chi connectivity index (χ0n) is 9.50. The van der Waals surface area contributed by atoms with Gasteiger partial charge in [-0.2, -0.15) is 0 Å².